The highest BCUT2D eigenvalue weighted by Crippen LogP contribution is 2.20. The summed E-state index contributed by atoms with van der Waals surface area (Å²) in [5.41, 5.74) is 6.17. The maximum Gasteiger partial charge on any atom is 0.338 e. The molecule has 0 atom stereocenters. The zero-order chi connectivity index (χ0) is 21.2. The van der Waals surface area contributed by atoms with Crippen molar-refractivity contribution >= 4 is 23.5 Å². The van der Waals surface area contributed by atoms with Crippen LogP contribution in [0, 0.1) is 11.3 Å². The van der Waals surface area contributed by atoms with Gasteiger partial charge in [0.15, 0.2) is 6.61 Å². The van der Waals surface area contributed by atoms with Gasteiger partial charge in [-0.3, -0.25) is 9.59 Å². The Hall–Kier alpha value is -3.86. The van der Waals surface area contributed by atoms with Gasteiger partial charge in [-0.05, 0) is 55.5 Å². The number of rotatable bonds is 9. The summed E-state index contributed by atoms with van der Waals surface area (Å²) in [4.78, 5) is 37.2. The molecule has 0 aliphatic heterocycles. The molecule has 2 aromatic rings. The van der Waals surface area contributed by atoms with E-state index < -0.39 is 24.4 Å². The summed E-state index contributed by atoms with van der Waals surface area (Å²) < 4.78 is 10.5. The lowest BCUT2D eigenvalue weighted by molar-refractivity contribution is -0.121. The molecule has 0 aliphatic carbocycles. The highest BCUT2D eigenvalue weighted by Gasteiger charge is 2.18. The van der Waals surface area contributed by atoms with Crippen LogP contribution in [0.3, 0.4) is 0 Å². The topological polar surface area (TPSA) is 123 Å². The number of nitrogens with zero attached hydrogens (tertiary/aromatic N) is 2. The van der Waals surface area contributed by atoms with E-state index in [1.807, 2.05) is 13.0 Å². The number of ether oxygens (including phenoxy) is 2. The molecule has 8 nitrogen and oxygen atoms in total. The molecule has 0 heterocycles. The summed E-state index contributed by atoms with van der Waals surface area (Å²) in [6.07, 6.45) is 0.126. The Morgan fingerprint density at radius 2 is 1.66 bits per heavy atom. The van der Waals surface area contributed by atoms with Crippen LogP contribution in [0.15, 0.2) is 48.5 Å². The number of amides is 2. The zero-order valence-corrected chi connectivity index (χ0v) is 16.0. The van der Waals surface area contributed by atoms with Crippen LogP contribution in [-0.4, -0.2) is 37.5 Å². The lowest BCUT2D eigenvalue weighted by atomic mass is 10.1. The Morgan fingerprint density at radius 3 is 2.21 bits per heavy atom. The minimum Gasteiger partial charge on any atom is -0.494 e. The highest BCUT2D eigenvalue weighted by atomic mass is 16.5. The van der Waals surface area contributed by atoms with Crippen molar-refractivity contribution in [3.63, 3.8) is 0 Å². The fourth-order valence-corrected chi connectivity index (χ4v) is 2.51. The highest BCUT2D eigenvalue weighted by molar-refractivity contribution is 5.98. The average molecular weight is 395 g/mol. The number of benzene rings is 2. The molecule has 0 spiro atoms. The van der Waals surface area contributed by atoms with Gasteiger partial charge in [0.05, 0.1) is 24.7 Å². The second-order valence-electron chi connectivity index (χ2n) is 5.90. The van der Waals surface area contributed by atoms with Gasteiger partial charge in [0.1, 0.15) is 5.75 Å². The number of nitriles is 1. The smallest absolute Gasteiger partial charge is 0.338 e. The summed E-state index contributed by atoms with van der Waals surface area (Å²) in [6.45, 7) is 2.06. The predicted octanol–water partition coefficient (Wildman–Crippen LogP) is 2.29. The maximum absolute atomic E-state index is 12.6. The standard InChI is InChI=1S/C21H21N3O5/c1-2-28-18-10-8-17(9-11-18)24(13-3-12-22)19(25)14-29-21(27)16-6-4-15(5-7-16)20(23)26/h4-11H,2-3,13-14H2,1H3,(H2,23,26). The lowest BCUT2D eigenvalue weighted by Crippen LogP contribution is -2.35. The number of hydrogen-bond donors (Lipinski definition) is 1. The zero-order valence-electron chi connectivity index (χ0n) is 16.0. The Balaban J connectivity index is 2.04. The minimum absolute atomic E-state index is 0.126. The van der Waals surface area contributed by atoms with Crippen molar-refractivity contribution in [1.29, 1.82) is 5.26 Å². The second kappa shape index (κ2) is 10.5. The number of nitrogens with two attached hydrogens (primary N) is 1. The van der Waals surface area contributed by atoms with E-state index >= 15 is 0 Å². The number of hydrogen-bond acceptors (Lipinski definition) is 6. The van der Waals surface area contributed by atoms with Gasteiger partial charge in [-0.15, -0.1) is 0 Å². The molecule has 0 unspecified atom stereocenters. The van der Waals surface area contributed by atoms with Gasteiger partial charge in [0.25, 0.3) is 5.91 Å². The van der Waals surface area contributed by atoms with Gasteiger partial charge in [0, 0.05) is 17.8 Å². The molecule has 0 aromatic heterocycles. The van der Waals surface area contributed by atoms with E-state index in [1.165, 1.54) is 29.2 Å². The molecule has 0 aliphatic rings. The first-order valence-corrected chi connectivity index (χ1v) is 8.93. The maximum atomic E-state index is 12.6. The van der Waals surface area contributed by atoms with E-state index in [2.05, 4.69) is 0 Å². The van der Waals surface area contributed by atoms with Gasteiger partial charge in [-0.2, -0.15) is 5.26 Å². The van der Waals surface area contributed by atoms with Crippen LogP contribution in [0.25, 0.3) is 0 Å². The van der Waals surface area contributed by atoms with E-state index in [-0.39, 0.29) is 24.1 Å². The van der Waals surface area contributed by atoms with Crippen molar-refractivity contribution in [2.45, 2.75) is 13.3 Å². The molecule has 0 saturated carbocycles. The van der Waals surface area contributed by atoms with Crippen molar-refractivity contribution in [3.05, 3.63) is 59.7 Å². The second-order valence-corrected chi connectivity index (χ2v) is 5.90. The van der Waals surface area contributed by atoms with Gasteiger partial charge < -0.3 is 20.1 Å². The molecule has 0 saturated heterocycles. The fraction of sp³-hybridized carbons (Fsp3) is 0.238. The largest absolute Gasteiger partial charge is 0.494 e. The van der Waals surface area contributed by atoms with Crippen LogP contribution in [0.4, 0.5) is 5.69 Å². The minimum atomic E-state index is -0.707. The molecule has 0 fully saturated rings. The van der Waals surface area contributed by atoms with Crippen LogP contribution in [0.5, 0.6) is 5.75 Å². The van der Waals surface area contributed by atoms with Crippen molar-refractivity contribution < 1.29 is 23.9 Å². The fourth-order valence-electron chi connectivity index (χ4n) is 2.51. The van der Waals surface area contributed by atoms with Crippen LogP contribution in [0.2, 0.25) is 0 Å². The van der Waals surface area contributed by atoms with Gasteiger partial charge in [0.2, 0.25) is 5.91 Å². The summed E-state index contributed by atoms with van der Waals surface area (Å²) >= 11 is 0. The summed E-state index contributed by atoms with van der Waals surface area (Å²) in [5.74, 6) is -1.12. The van der Waals surface area contributed by atoms with E-state index in [0.717, 1.165) is 0 Å². The Morgan fingerprint density at radius 1 is 1.03 bits per heavy atom. The van der Waals surface area contributed by atoms with E-state index in [9.17, 15) is 14.4 Å². The number of primary amides is 1. The Kier molecular flexibility index (Phi) is 7.74. The monoisotopic (exact) mass is 395 g/mol. The first-order chi connectivity index (χ1) is 14.0. The molecule has 2 N–H and O–H groups in total. The molecule has 0 bridgehead atoms. The van der Waals surface area contributed by atoms with Gasteiger partial charge >= 0.3 is 5.97 Å². The van der Waals surface area contributed by atoms with Crippen molar-refractivity contribution in [2.24, 2.45) is 5.73 Å². The molecular weight excluding hydrogens is 374 g/mol. The normalized spacial score (nSPS) is 9.93. The van der Waals surface area contributed by atoms with Crippen molar-refractivity contribution in [1.82, 2.24) is 0 Å². The van der Waals surface area contributed by atoms with Gasteiger partial charge in [-0.1, -0.05) is 0 Å². The molecular formula is C21H21N3O5. The molecule has 150 valence electrons. The molecule has 29 heavy (non-hydrogen) atoms. The first kappa shape index (κ1) is 21.4. The quantitative estimate of drug-likeness (QED) is 0.650. The Labute approximate surface area is 168 Å². The number of anilines is 1. The van der Waals surface area contributed by atoms with Gasteiger partial charge in [-0.25, -0.2) is 4.79 Å². The van der Waals surface area contributed by atoms with Crippen LogP contribution in [0.1, 0.15) is 34.1 Å². The third-order valence-electron chi connectivity index (χ3n) is 3.94. The molecule has 2 aromatic carbocycles. The number of carbonyl (C=O) groups excluding carboxylic acids is 3. The Bertz CT molecular complexity index is 901. The van der Waals surface area contributed by atoms with Crippen LogP contribution in [-0.2, 0) is 9.53 Å². The third kappa shape index (κ3) is 6.07. The van der Waals surface area contributed by atoms with Crippen LogP contribution >= 0.6 is 0 Å². The SMILES string of the molecule is CCOc1ccc(N(CCC#N)C(=O)COC(=O)c2ccc(C(N)=O)cc2)cc1. The van der Waals surface area contributed by atoms with Crippen LogP contribution < -0.4 is 15.4 Å². The molecule has 8 heteroatoms. The van der Waals surface area contributed by atoms with Crippen molar-refractivity contribution in [3.8, 4) is 11.8 Å². The summed E-state index contributed by atoms with van der Waals surface area (Å²) in [7, 11) is 0. The molecule has 2 rings (SSSR count). The molecule has 0 radical (unpaired) electrons. The predicted molar refractivity (Wildman–Crippen MR) is 105 cm³/mol. The van der Waals surface area contributed by atoms with E-state index in [4.69, 9.17) is 20.5 Å². The molecule has 2 amide bonds. The summed E-state index contributed by atoms with van der Waals surface area (Å²) in [6, 6.07) is 14.4. The summed E-state index contributed by atoms with van der Waals surface area (Å²) in [5, 5.41) is 8.86. The van der Waals surface area contributed by atoms with E-state index in [0.29, 0.717) is 18.0 Å². The number of esters is 1. The number of carbonyl (C=O) groups is 3. The van der Waals surface area contributed by atoms with E-state index in [1.54, 1.807) is 24.3 Å². The third-order valence-corrected chi connectivity index (χ3v) is 3.94. The lowest BCUT2D eigenvalue weighted by Gasteiger charge is -2.22. The van der Waals surface area contributed by atoms with Crippen molar-refractivity contribution in [2.75, 3.05) is 24.7 Å². The first-order valence-electron chi connectivity index (χ1n) is 8.93. The average Bonchev–Trinajstić information content (AvgIpc) is 2.73.